The van der Waals surface area contributed by atoms with E-state index in [0.717, 1.165) is 44.3 Å². The summed E-state index contributed by atoms with van der Waals surface area (Å²) in [4.78, 5) is 4.52. The first kappa shape index (κ1) is 14.6. The lowest BCUT2D eigenvalue weighted by Gasteiger charge is -2.09. The van der Waals surface area contributed by atoms with Gasteiger partial charge in [-0.1, -0.05) is 29.3 Å². The molecule has 0 unspecified atom stereocenters. The van der Waals surface area contributed by atoms with E-state index in [0.29, 0.717) is 5.95 Å². The van der Waals surface area contributed by atoms with Crippen molar-refractivity contribution >= 4 is 49.0 Å². The van der Waals surface area contributed by atoms with Crippen LogP contribution in [0.2, 0.25) is 0 Å². The van der Waals surface area contributed by atoms with Crippen LogP contribution in [0.1, 0.15) is 19.0 Å². The van der Waals surface area contributed by atoms with Gasteiger partial charge in [0.05, 0.1) is 11.4 Å². The Morgan fingerprint density at radius 1 is 1.29 bits per heavy atom. The highest BCUT2D eigenvalue weighted by molar-refractivity contribution is 9.11. The fraction of sp³-hybridized carbons (Fsp3) is 0.286. The summed E-state index contributed by atoms with van der Waals surface area (Å²) in [7, 11) is 1.92. The highest BCUT2D eigenvalue weighted by Gasteiger charge is 2.19. The summed E-state index contributed by atoms with van der Waals surface area (Å²) >= 11 is 7.05. The lowest BCUT2D eigenvalue weighted by Crippen LogP contribution is -2.05. The van der Waals surface area contributed by atoms with E-state index in [2.05, 4.69) is 48.9 Å². The highest BCUT2D eigenvalue weighted by Crippen LogP contribution is 2.31. The molecule has 0 aliphatic rings. The summed E-state index contributed by atoms with van der Waals surface area (Å²) in [6, 6.07) is 5.97. The van der Waals surface area contributed by atoms with Crippen molar-refractivity contribution in [1.82, 2.24) is 19.3 Å². The standard InChI is InChI=1S/C14H15Br2N5/c1-3-4-10-12-13(20(2)19-10)21(14(17)18-12)11-6-5-8(15)7-9(11)16/h5-7H,3-4H2,1-2H3,(H2,17,18). The van der Waals surface area contributed by atoms with Gasteiger partial charge >= 0.3 is 0 Å². The lowest BCUT2D eigenvalue weighted by molar-refractivity contribution is 0.737. The number of nitrogens with zero attached hydrogens (tertiary/aromatic N) is 4. The Hall–Kier alpha value is -1.34. The molecule has 0 amide bonds. The van der Waals surface area contributed by atoms with Gasteiger partial charge in [-0.05, 0) is 40.5 Å². The maximum Gasteiger partial charge on any atom is 0.207 e. The van der Waals surface area contributed by atoms with Gasteiger partial charge in [0.25, 0.3) is 0 Å². The summed E-state index contributed by atoms with van der Waals surface area (Å²) in [5.74, 6) is 0.471. The Morgan fingerprint density at radius 3 is 2.71 bits per heavy atom. The Balaban J connectivity index is 2.30. The molecule has 0 aliphatic heterocycles. The number of benzene rings is 1. The normalized spacial score (nSPS) is 11.4. The zero-order chi connectivity index (χ0) is 15.1. The van der Waals surface area contributed by atoms with Crippen LogP contribution in [0, 0.1) is 0 Å². The third kappa shape index (κ3) is 2.38. The number of anilines is 1. The van der Waals surface area contributed by atoms with Crippen molar-refractivity contribution in [3.63, 3.8) is 0 Å². The van der Waals surface area contributed by atoms with Gasteiger partial charge in [-0.25, -0.2) is 9.67 Å². The van der Waals surface area contributed by atoms with Crippen LogP contribution < -0.4 is 5.73 Å². The van der Waals surface area contributed by atoms with Crippen molar-refractivity contribution in [3.05, 3.63) is 32.8 Å². The van der Waals surface area contributed by atoms with Crippen molar-refractivity contribution in [2.45, 2.75) is 19.8 Å². The largest absolute Gasteiger partial charge is 0.369 e. The Labute approximate surface area is 139 Å². The number of rotatable bonds is 3. The number of aromatic nitrogens is 4. The van der Waals surface area contributed by atoms with Crippen LogP contribution in [0.25, 0.3) is 16.9 Å². The minimum atomic E-state index is 0.471. The molecule has 3 rings (SSSR count). The zero-order valence-corrected chi connectivity index (χ0v) is 14.9. The Kier molecular flexibility index (Phi) is 3.79. The SMILES string of the molecule is CCCc1nn(C)c2c1nc(N)n2-c1ccc(Br)cc1Br. The van der Waals surface area contributed by atoms with Crippen molar-refractivity contribution in [2.75, 3.05) is 5.73 Å². The number of hydrogen-bond donors (Lipinski definition) is 1. The smallest absolute Gasteiger partial charge is 0.207 e. The number of aryl methyl sites for hydroxylation is 2. The second-order valence-corrected chi connectivity index (χ2v) is 6.66. The third-order valence-corrected chi connectivity index (χ3v) is 4.50. The van der Waals surface area contributed by atoms with Gasteiger partial charge in [0, 0.05) is 16.0 Å². The van der Waals surface area contributed by atoms with E-state index in [9.17, 15) is 0 Å². The molecule has 5 nitrogen and oxygen atoms in total. The van der Waals surface area contributed by atoms with Crippen LogP contribution in [0.4, 0.5) is 5.95 Å². The second kappa shape index (κ2) is 5.46. The van der Waals surface area contributed by atoms with Crippen molar-refractivity contribution in [1.29, 1.82) is 0 Å². The van der Waals surface area contributed by atoms with E-state index in [1.54, 1.807) is 0 Å². The number of nitrogen functional groups attached to an aromatic ring is 1. The number of nitrogens with two attached hydrogens (primary N) is 1. The van der Waals surface area contributed by atoms with Crippen LogP contribution in [0.15, 0.2) is 27.1 Å². The van der Waals surface area contributed by atoms with E-state index in [1.165, 1.54) is 0 Å². The monoisotopic (exact) mass is 411 g/mol. The third-order valence-electron chi connectivity index (χ3n) is 3.37. The molecule has 0 saturated heterocycles. The fourth-order valence-corrected chi connectivity index (χ4v) is 3.73. The molecule has 0 bridgehead atoms. The summed E-state index contributed by atoms with van der Waals surface area (Å²) < 4.78 is 5.72. The molecule has 1 aromatic carbocycles. The number of fused-ring (bicyclic) bond motifs is 1. The number of imidazole rings is 1. The molecule has 2 aromatic heterocycles. The van der Waals surface area contributed by atoms with Crippen LogP contribution in [0.5, 0.6) is 0 Å². The molecule has 2 heterocycles. The first-order chi connectivity index (χ1) is 10.0. The average Bonchev–Trinajstić information content (AvgIpc) is 2.89. The molecule has 7 heteroatoms. The summed E-state index contributed by atoms with van der Waals surface area (Å²) in [6.45, 7) is 2.13. The number of halogens is 2. The predicted octanol–water partition coefficient (Wildman–Crippen LogP) is 3.82. The molecular formula is C14H15Br2N5. The molecule has 0 aliphatic carbocycles. The molecule has 0 saturated carbocycles. The van der Waals surface area contributed by atoms with Crippen LogP contribution in [-0.2, 0) is 13.5 Å². The van der Waals surface area contributed by atoms with E-state index in [1.807, 2.05) is 34.5 Å². The molecule has 0 fully saturated rings. The van der Waals surface area contributed by atoms with E-state index < -0.39 is 0 Å². The van der Waals surface area contributed by atoms with Gasteiger partial charge in [0.1, 0.15) is 5.52 Å². The topological polar surface area (TPSA) is 61.7 Å². The molecule has 0 spiro atoms. The Bertz CT molecular complexity index is 818. The van der Waals surface area contributed by atoms with Crippen molar-refractivity contribution < 1.29 is 0 Å². The summed E-state index contributed by atoms with van der Waals surface area (Å²) in [5, 5.41) is 4.57. The minimum absolute atomic E-state index is 0.471. The van der Waals surface area contributed by atoms with E-state index in [-0.39, 0.29) is 0 Å². The maximum absolute atomic E-state index is 6.15. The van der Waals surface area contributed by atoms with E-state index in [4.69, 9.17) is 5.73 Å². The van der Waals surface area contributed by atoms with Gasteiger partial charge in [-0.15, -0.1) is 0 Å². The molecule has 21 heavy (non-hydrogen) atoms. The Morgan fingerprint density at radius 2 is 2.05 bits per heavy atom. The zero-order valence-electron chi connectivity index (χ0n) is 11.8. The van der Waals surface area contributed by atoms with Gasteiger partial charge in [-0.3, -0.25) is 4.57 Å². The van der Waals surface area contributed by atoms with Crippen molar-refractivity contribution in [3.8, 4) is 5.69 Å². The summed E-state index contributed by atoms with van der Waals surface area (Å²) in [6.07, 6.45) is 1.93. The quantitative estimate of drug-likeness (QED) is 0.711. The molecule has 3 aromatic rings. The average molecular weight is 413 g/mol. The second-order valence-electron chi connectivity index (χ2n) is 4.89. The predicted molar refractivity (Wildman–Crippen MR) is 91.6 cm³/mol. The van der Waals surface area contributed by atoms with Gasteiger partial charge in [0.2, 0.25) is 5.95 Å². The maximum atomic E-state index is 6.15. The van der Waals surface area contributed by atoms with Crippen LogP contribution in [-0.4, -0.2) is 19.3 Å². The molecular weight excluding hydrogens is 398 g/mol. The fourth-order valence-electron chi connectivity index (χ4n) is 2.50. The van der Waals surface area contributed by atoms with Gasteiger partial charge in [-0.2, -0.15) is 5.10 Å². The summed E-state index contributed by atoms with van der Waals surface area (Å²) in [5.41, 5.74) is 9.89. The molecule has 0 radical (unpaired) electrons. The lowest BCUT2D eigenvalue weighted by atomic mass is 10.2. The van der Waals surface area contributed by atoms with Gasteiger partial charge in [0.15, 0.2) is 5.65 Å². The minimum Gasteiger partial charge on any atom is -0.369 e. The van der Waals surface area contributed by atoms with E-state index >= 15 is 0 Å². The number of hydrogen-bond acceptors (Lipinski definition) is 3. The van der Waals surface area contributed by atoms with Gasteiger partial charge < -0.3 is 5.73 Å². The first-order valence-electron chi connectivity index (χ1n) is 6.68. The molecule has 0 atom stereocenters. The molecule has 110 valence electrons. The molecule has 2 N–H and O–H groups in total. The van der Waals surface area contributed by atoms with Crippen LogP contribution >= 0.6 is 31.9 Å². The van der Waals surface area contributed by atoms with Crippen molar-refractivity contribution in [2.24, 2.45) is 7.05 Å². The highest BCUT2D eigenvalue weighted by atomic mass is 79.9. The first-order valence-corrected chi connectivity index (χ1v) is 8.26. The van der Waals surface area contributed by atoms with Crippen LogP contribution in [0.3, 0.4) is 0 Å².